The van der Waals surface area contributed by atoms with E-state index in [1.807, 2.05) is 23.1 Å². The summed E-state index contributed by atoms with van der Waals surface area (Å²) >= 11 is 0. The summed E-state index contributed by atoms with van der Waals surface area (Å²) in [7, 11) is 0. The third-order valence-electron chi connectivity index (χ3n) is 4.66. The summed E-state index contributed by atoms with van der Waals surface area (Å²) in [5, 5.41) is 3.28. The molecule has 130 valence electrons. The maximum Gasteiger partial charge on any atom is 0.241 e. The molecule has 3 heteroatoms. The number of nitrogens with zero attached hydrogens (tertiary/aromatic N) is 1. The first-order valence-electron chi connectivity index (χ1n) is 8.77. The number of hydrogen-bond acceptors (Lipinski definition) is 2. The molecule has 1 amide bonds. The van der Waals surface area contributed by atoms with Crippen LogP contribution >= 0.6 is 0 Å². The Hall–Kier alpha value is -2.39. The van der Waals surface area contributed by atoms with E-state index in [1.54, 1.807) is 0 Å². The molecule has 0 radical (unpaired) electrons. The van der Waals surface area contributed by atoms with Crippen LogP contribution in [0.5, 0.6) is 0 Å². The molecule has 0 saturated heterocycles. The number of carbonyl (C=O) groups is 1. The van der Waals surface area contributed by atoms with E-state index in [2.05, 4.69) is 69.4 Å². The number of fused-ring (bicyclic) bond motifs is 1. The van der Waals surface area contributed by atoms with Gasteiger partial charge in [0.15, 0.2) is 0 Å². The molecule has 1 aliphatic rings. The van der Waals surface area contributed by atoms with Crippen molar-refractivity contribution in [1.82, 2.24) is 5.32 Å². The predicted octanol–water partition coefficient (Wildman–Crippen LogP) is 4.31. The first kappa shape index (κ1) is 17.4. The minimum absolute atomic E-state index is 0.0940. The van der Waals surface area contributed by atoms with Gasteiger partial charge in [-0.05, 0) is 50.5 Å². The van der Waals surface area contributed by atoms with E-state index < -0.39 is 0 Å². The van der Waals surface area contributed by atoms with Crippen LogP contribution in [0.4, 0.5) is 5.69 Å². The van der Waals surface area contributed by atoms with Crippen LogP contribution in [0.15, 0.2) is 54.6 Å². The van der Waals surface area contributed by atoms with E-state index in [1.165, 1.54) is 16.7 Å². The zero-order valence-electron chi connectivity index (χ0n) is 15.5. The molecule has 0 unspecified atom stereocenters. The van der Waals surface area contributed by atoms with Gasteiger partial charge in [-0.1, -0.05) is 48.5 Å². The van der Waals surface area contributed by atoms with Crippen molar-refractivity contribution in [3.63, 3.8) is 0 Å². The molecule has 0 saturated carbocycles. The monoisotopic (exact) mass is 334 g/mol. The van der Waals surface area contributed by atoms with Crippen LogP contribution < -0.4 is 10.2 Å². The van der Waals surface area contributed by atoms with Crippen molar-refractivity contribution in [1.29, 1.82) is 0 Å². The molecule has 1 heterocycles. The van der Waals surface area contributed by atoms with Gasteiger partial charge in [0.05, 0.1) is 17.8 Å². The Kier molecular flexibility index (Phi) is 4.78. The summed E-state index contributed by atoms with van der Waals surface area (Å²) < 4.78 is 0. The molecule has 0 aliphatic carbocycles. The Morgan fingerprint density at radius 3 is 2.52 bits per heavy atom. The third-order valence-corrected chi connectivity index (χ3v) is 4.66. The highest BCUT2D eigenvalue weighted by Gasteiger charge is 2.35. The molecule has 2 aromatic rings. The van der Waals surface area contributed by atoms with E-state index >= 15 is 0 Å². The second kappa shape index (κ2) is 6.85. The Bertz CT molecular complexity index is 806. The van der Waals surface area contributed by atoms with Gasteiger partial charge in [0, 0.05) is 12.1 Å². The van der Waals surface area contributed by atoms with Crippen molar-refractivity contribution < 1.29 is 4.79 Å². The average Bonchev–Trinajstić information content (AvgIpc) is 2.54. The quantitative estimate of drug-likeness (QED) is 0.903. The number of anilines is 1. The van der Waals surface area contributed by atoms with E-state index in [0.29, 0.717) is 13.1 Å². The second-order valence-electron chi connectivity index (χ2n) is 7.32. The molecule has 0 bridgehead atoms. The van der Waals surface area contributed by atoms with Crippen molar-refractivity contribution in [2.75, 3.05) is 11.4 Å². The first-order chi connectivity index (χ1) is 11.9. The Labute approximate surface area is 150 Å². The number of hydrogen-bond donors (Lipinski definition) is 1. The first-order valence-corrected chi connectivity index (χ1v) is 8.77. The predicted molar refractivity (Wildman–Crippen MR) is 105 cm³/mol. The molecule has 0 atom stereocenters. The normalized spacial score (nSPS) is 15.5. The highest BCUT2D eigenvalue weighted by Crippen LogP contribution is 2.39. The van der Waals surface area contributed by atoms with Gasteiger partial charge < -0.3 is 10.2 Å². The van der Waals surface area contributed by atoms with Crippen molar-refractivity contribution in [3.8, 4) is 0 Å². The fraction of sp³-hybridized carbons (Fsp3) is 0.318. The number of amides is 1. The zero-order valence-corrected chi connectivity index (χ0v) is 15.5. The van der Waals surface area contributed by atoms with Crippen LogP contribution in [0, 0.1) is 6.92 Å². The SMILES string of the molecule is CC1=CC(C)(C)N(C(=O)CNCc2ccccc2)c2cc(C)ccc21. The smallest absolute Gasteiger partial charge is 0.241 e. The zero-order chi connectivity index (χ0) is 18.0. The molecule has 25 heavy (non-hydrogen) atoms. The molecule has 1 N–H and O–H groups in total. The van der Waals surface area contributed by atoms with Crippen LogP contribution in [0.1, 0.15) is 37.5 Å². The largest absolute Gasteiger partial charge is 0.304 e. The van der Waals surface area contributed by atoms with Crippen molar-refractivity contribution in [3.05, 3.63) is 71.3 Å². The number of benzene rings is 2. The van der Waals surface area contributed by atoms with E-state index in [0.717, 1.165) is 11.3 Å². The lowest BCUT2D eigenvalue weighted by atomic mass is 9.88. The molecule has 1 aliphatic heterocycles. The van der Waals surface area contributed by atoms with Gasteiger partial charge in [-0.2, -0.15) is 0 Å². The maximum absolute atomic E-state index is 13.0. The lowest BCUT2D eigenvalue weighted by molar-refractivity contribution is -0.118. The van der Waals surface area contributed by atoms with Crippen molar-refractivity contribution in [2.45, 2.75) is 39.8 Å². The van der Waals surface area contributed by atoms with E-state index in [4.69, 9.17) is 0 Å². The minimum atomic E-state index is -0.337. The molecule has 3 rings (SSSR count). The molecular weight excluding hydrogens is 308 g/mol. The lowest BCUT2D eigenvalue weighted by Crippen LogP contribution is -2.51. The topological polar surface area (TPSA) is 32.3 Å². The Morgan fingerprint density at radius 1 is 1.08 bits per heavy atom. The van der Waals surface area contributed by atoms with Crippen LogP contribution in [-0.4, -0.2) is 18.0 Å². The summed E-state index contributed by atoms with van der Waals surface area (Å²) in [4.78, 5) is 14.9. The highest BCUT2D eigenvalue weighted by atomic mass is 16.2. The minimum Gasteiger partial charge on any atom is -0.304 e. The van der Waals surface area contributed by atoms with Crippen molar-refractivity contribution >= 4 is 17.2 Å². The van der Waals surface area contributed by atoms with E-state index in [9.17, 15) is 4.79 Å². The van der Waals surface area contributed by atoms with Gasteiger partial charge in [-0.15, -0.1) is 0 Å². The number of aryl methyl sites for hydroxylation is 1. The van der Waals surface area contributed by atoms with Crippen LogP contribution in [0.25, 0.3) is 5.57 Å². The molecule has 0 spiro atoms. The van der Waals surface area contributed by atoms with Gasteiger partial charge in [0.1, 0.15) is 0 Å². The molecule has 0 fully saturated rings. The van der Waals surface area contributed by atoms with Crippen LogP contribution in [-0.2, 0) is 11.3 Å². The third kappa shape index (κ3) is 3.67. The molecular formula is C22H26N2O. The molecule has 2 aromatic carbocycles. The molecule has 3 nitrogen and oxygen atoms in total. The summed E-state index contributed by atoms with van der Waals surface area (Å²) in [5.41, 5.74) is 5.38. The standard InChI is InChI=1S/C22H26N2O/c1-16-10-11-19-17(2)13-22(3,4)24(20(19)12-16)21(25)15-23-14-18-8-6-5-7-9-18/h5-13,23H,14-15H2,1-4H3. The van der Waals surface area contributed by atoms with Crippen LogP contribution in [0.2, 0.25) is 0 Å². The summed E-state index contributed by atoms with van der Waals surface area (Å²) in [6.07, 6.45) is 2.18. The van der Waals surface area contributed by atoms with Gasteiger partial charge in [0.25, 0.3) is 0 Å². The highest BCUT2D eigenvalue weighted by molar-refractivity contribution is 6.01. The van der Waals surface area contributed by atoms with Crippen LogP contribution in [0.3, 0.4) is 0 Å². The number of rotatable bonds is 4. The maximum atomic E-state index is 13.0. The van der Waals surface area contributed by atoms with Gasteiger partial charge in [-0.3, -0.25) is 4.79 Å². The summed E-state index contributed by atoms with van der Waals surface area (Å²) in [5.74, 6) is 0.0940. The fourth-order valence-corrected chi connectivity index (χ4v) is 3.59. The number of nitrogens with one attached hydrogen (secondary N) is 1. The van der Waals surface area contributed by atoms with Crippen molar-refractivity contribution in [2.24, 2.45) is 0 Å². The average molecular weight is 334 g/mol. The second-order valence-corrected chi connectivity index (χ2v) is 7.32. The van der Waals surface area contributed by atoms with E-state index in [-0.39, 0.29) is 11.4 Å². The summed E-state index contributed by atoms with van der Waals surface area (Å²) in [6, 6.07) is 16.5. The van der Waals surface area contributed by atoms with Gasteiger partial charge in [0.2, 0.25) is 5.91 Å². The Balaban J connectivity index is 1.80. The molecule has 0 aromatic heterocycles. The van der Waals surface area contributed by atoms with Gasteiger partial charge >= 0.3 is 0 Å². The van der Waals surface area contributed by atoms with Gasteiger partial charge in [-0.25, -0.2) is 0 Å². The number of allylic oxidation sites excluding steroid dienone is 1. The number of carbonyl (C=O) groups excluding carboxylic acids is 1. The summed E-state index contributed by atoms with van der Waals surface area (Å²) in [6.45, 7) is 9.38. The fourth-order valence-electron chi connectivity index (χ4n) is 3.59. The lowest BCUT2D eigenvalue weighted by Gasteiger charge is -2.41. The Morgan fingerprint density at radius 2 is 1.80 bits per heavy atom.